The largest absolute Gasteiger partial charge is 0.454 e. The van der Waals surface area contributed by atoms with E-state index in [4.69, 9.17) is 19.4 Å². The van der Waals surface area contributed by atoms with E-state index in [1.54, 1.807) is 0 Å². The lowest BCUT2D eigenvalue weighted by molar-refractivity contribution is 0.174. The molecular formula is C20H19N5O2S. The number of likely N-dealkylation sites (N-methyl/N-ethyl adjacent to an activating group) is 1. The fraction of sp³-hybridized carbons (Fsp3) is 0.350. The number of benzene rings is 1. The average molecular weight is 393 g/mol. The van der Waals surface area contributed by atoms with Crippen molar-refractivity contribution in [2.75, 3.05) is 44.9 Å². The molecule has 1 fully saturated rings. The number of aryl methyl sites for hydroxylation is 1. The van der Waals surface area contributed by atoms with Gasteiger partial charge < -0.3 is 19.3 Å². The van der Waals surface area contributed by atoms with Crippen LogP contribution in [-0.2, 0) is 0 Å². The van der Waals surface area contributed by atoms with E-state index >= 15 is 0 Å². The van der Waals surface area contributed by atoms with E-state index in [0.29, 0.717) is 16.5 Å². The Morgan fingerprint density at radius 1 is 1.11 bits per heavy atom. The molecule has 3 aromatic rings. The second kappa shape index (κ2) is 6.62. The molecule has 0 radical (unpaired) electrons. The molecule has 4 heterocycles. The predicted molar refractivity (Wildman–Crippen MR) is 108 cm³/mol. The zero-order valence-electron chi connectivity index (χ0n) is 15.7. The molecule has 0 atom stereocenters. The molecule has 0 spiro atoms. The van der Waals surface area contributed by atoms with Crippen LogP contribution in [0.5, 0.6) is 11.5 Å². The maximum Gasteiger partial charge on any atom is 0.231 e. The molecule has 0 bridgehead atoms. The lowest BCUT2D eigenvalue weighted by Crippen LogP contribution is -2.45. The second-order valence-electron chi connectivity index (χ2n) is 7.08. The first kappa shape index (κ1) is 17.2. The van der Waals surface area contributed by atoms with Gasteiger partial charge in [0.05, 0.1) is 5.39 Å². The van der Waals surface area contributed by atoms with Gasteiger partial charge in [0.15, 0.2) is 17.3 Å². The third kappa shape index (κ3) is 2.75. The SMILES string of the molecule is Cc1c(C#N)sc2nc(-c3ccc4c(c3)OCO4)nc(N3CCN(C)CC3)c12. The topological polar surface area (TPSA) is 74.5 Å². The van der Waals surface area contributed by atoms with Gasteiger partial charge in [0.2, 0.25) is 6.79 Å². The number of thiophene rings is 1. The van der Waals surface area contributed by atoms with Crippen molar-refractivity contribution in [1.82, 2.24) is 14.9 Å². The van der Waals surface area contributed by atoms with Crippen molar-refractivity contribution in [2.24, 2.45) is 0 Å². The molecule has 28 heavy (non-hydrogen) atoms. The van der Waals surface area contributed by atoms with E-state index in [1.165, 1.54) is 11.3 Å². The Balaban J connectivity index is 1.68. The van der Waals surface area contributed by atoms with Gasteiger partial charge in [-0.3, -0.25) is 0 Å². The first-order chi connectivity index (χ1) is 13.6. The molecule has 2 aliphatic heterocycles. The lowest BCUT2D eigenvalue weighted by Gasteiger charge is -2.33. The molecule has 1 aromatic carbocycles. The van der Waals surface area contributed by atoms with Crippen LogP contribution in [0.15, 0.2) is 18.2 Å². The fourth-order valence-corrected chi connectivity index (χ4v) is 4.61. The van der Waals surface area contributed by atoms with Gasteiger partial charge in [-0.25, -0.2) is 9.97 Å². The van der Waals surface area contributed by atoms with Crippen LogP contribution in [0.2, 0.25) is 0 Å². The maximum atomic E-state index is 9.51. The molecule has 1 saturated heterocycles. The monoisotopic (exact) mass is 393 g/mol. The molecule has 2 aromatic heterocycles. The Morgan fingerprint density at radius 2 is 1.89 bits per heavy atom. The first-order valence-electron chi connectivity index (χ1n) is 9.19. The number of nitrogens with zero attached hydrogens (tertiary/aromatic N) is 5. The zero-order chi connectivity index (χ0) is 19.3. The van der Waals surface area contributed by atoms with Gasteiger partial charge in [0.1, 0.15) is 21.6 Å². The van der Waals surface area contributed by atoms with Gasteiger partial charge in [-0.05, 0) is 37.7 Å². The minimum atomic E-state index is 0.237. The summed E-state index contributed by atoms with van der Waals surface area (Å²) in [7, 11) is 2.13. The smallest absolute Gasteiger partial charge is 0.231 e. The van der Waals surface area contributed by atoms with Gasteiger partial charge in [-0.15, -0.1) is 11.3 Å². The molecular weight excluding hydrogens is 374 g/mol. The minimum Gasteiger partial charge on any atom is -0.454 e. The number of hydrogen-bond donors (Lipinski definition) is 0. The molecule has 8 heteroatoms. The highest BCUT2D eigenvalue weighted by Gasteiger charge is 2.24. The summed E-state index contributed by atoms with van der Waals surface area (Å²) in [5.41, 5.74) is 1.85. The number of fused-ring (bicyclic) bond motifs is 2. The summed E-state index contributed by atoms with van der Waals surface area (Å²) >= 11 is 1.43. The van der Waals surface area contributed by atoms with Gasteiger partial charge >= 0.3 is 0 Å². The van der Waals surface area contributed by atoms with Gasteiger partial charge in [0, 0.05) is 31.7 Å². The highest BCUT2D eigenvalue weighted by Crippen LogP contribution is 2.39. The van der Waals surface area contributed by atoms with Crippen LogP contribution in [0.25, 0.3) is 21.6 Å². The van der Waals surface area contributed by atoms with Crippen molar-refractivity contribution in [2.45, 2.75) is 6.92 Å². The molecule has 142 valence electrons. The number of ether oxygens (including phenoxy) is 2. The minimum absolute atomic E-state index is 0.237. The van der Waals surface area contributed by atoms with Crippen LogP contribution in [0.3, 0.4) is 0 Å². The summed E-state index contributed by atoms with van der Waals surface area (Å²) in [6.07, 6.45) is 0. The average Bonchev–Trinajstić information content (AvgIpc) is 3.31. The number of aromatic nitrogens is 2. The van der Waals surface area contributed by atoms with E-state index in [2.05, 4.69) is 22.9 Å². The van der Waals surface area contributed by atoms with Crippen molar-refractivity contribution in [3.63, 3.8) is 0 Å². The maximum absolute atomic E-state index is 9.51. The first-order valence-corrected chi connectivity index (χ1v) is 10.0. The van der Waals surface area contributed by atoms with Crippen molar-refractivity contribution >= 4 is 27.4 Å². The van der Waals surface area contributed by atoms with Crippen molar-refractivity contribution in [1.29, 1.82) is 5.26 Å². The van der Waals surface area contributed by atoms with Crippen LogP contribution in [0.4, 0.5) is 5.82 Å². The van der Waals surface area contributed by atoms with E-state index in [9.17, 15) is 5.26 Å². The van der Waals surface area contributed by atoms with Gasteiger partial charge in [-0.1, -0.05) is 0 Å². The summed E-state index contributed by atoms with van der Waals surface area (Å²) in [5, 5.41) is 10.5. The van der Waals surface area contributed by atoms with E-state index in [1.807, 2.05) is 25.1 Å². The Bertz CT molecular complexity index is 1110. The fourth-order valence-electron chi connectivity index (χ4n) is 3.64. The molecule has 7 nitrogen and oxygen atoms in total. The molecule has 0 unspecified atom stereocenters. The molecule has 2 aliphatic rings. The summed E-state index contributed by atoms with van der Waals surface area (Å²) < 4.78 is 10.9. The van der Waals surface area contributed by atoms with E-state index in [0.717, 1.165) is 59.1 Å². The van der Waals surface area contributed by atoms with Crippen molar-refractivity contribution < 1.29 is 9.47 Å². The summed E-state index contributed by atoms with van der Waals surface area (Å²) in [4.78, 5) is 15.9. The van der Waals surface area contributed by atoms with E-state index in [-0.39, 0.29) is 6.79 Å². The second-order valence-corrected chi connectivity index (χ2v) is 8.08. The highest BCUT2D eigenvalue weighted by molar-refractivity contribution is 7.19. The van der Waals surface area contributed by atoms with Gasteiger partial charge in [-0.2, -0.15) is 5.26 Å². The third-order valence-electron chi connectivity index (χ3n) is 5.31. The highest BCUT2D eigenvalue weighted by atomic mass is 32.1. The van der Waals surface area contributed by atoms with Crippen LogP contribution in [0.1, 0.15) is 10.4 Å². The van der Waals surface area contributed by atoms with Crippen LogP contribution < -0.4 is 14.4 Å². The normalized spacial score (nSPS) is 16.5. The Labute approximate surface area is 166 Å². The van der Waals surface area contributed by atoms with Crippen LogP contribution in [-0.4, -0.2) is 54.9 Å². The summed E-state index contributed by atoms with van der Waals surface area (Å²) in [5.74, 6) is 3.01. The number of rotatable bonds is 2. The number of hydrogen-bond acceptors (Lipinski definition) is 8. The van der Waals surface area contributed by atoms with Crippen molar-refractivity contribution in [3.05, 3.63) is 28.6 Å². The third-order valence-corrected chi connectivity index (χ3v) is 6.40. The van der Waals surface area contributed by atoms with Crippen LogP contribution >= 0.6 is 11.3 Å². The van der Waals surface area contributed by atoms with Crippen molar-refractivity contribution in [3.8, 4) is 29.0 Å². The number of anilines is 1. The molecule has 0 N–H and O–H groups in total. The number of piperazine rings is 1. The number of nitriles is 1. The van der Waals surface area contributed by atoms with E-state index < -0.39 is 0 Å². The Morgan fingerprint density at radius 3 is 2.68 bits per heavy atom. The molecule has 0 aliphatic carbocycles. The lowest BCUT2D eigenvalue weighted by atomic mass is 10.1. The zero-order valence-corrected chi connectivity index (χ0v) is 16.5. The summed E-state index contributed by atoms with van der Waals surface area (Å²) in [6.45, 7) is 6.00. The Hall–Kier alpha value is -2.89. The molecule has 0 saturated carbocycles. The molecule has 0 amide bonds. The van der Waals surface area contributed by atoms with Gasteiger partial charge in [0.25, 0.3) is 0 Å². The Kier molecular flexibility index (Phi) is 4.07. The summed E-state index contributed by atoms with van der Waals surface area (Å²) in [6, 6.07) is 8.06. The molecule has 5 rings (SSSR count). The van der Waals surface area contributed by atoms with Crippen LogP contribution in [0, 0.1) is 18.3 Å². The quantitative estimate of drug-likeness (QED) is 0.662. The standard InChI is InChI=1S/C20H19N5O2S/c1-12-16(10-21)28-20-17(12)19(25-7-5-24(2)6-8-25)22-18(23-20)13-3-4-14-15(9-13)27-11-26-14/h3-4,9H,5-8,11H2,1-2H3. The predicted octanol–water partition coefficient (Wildman–Crippen LogP) is 3.02.